The Morgan fingerprint density at radius 2 is 1.79 bits per heavy atom. The number of hydrogen-bond donors (Lipinski definition) is 1. The third-order valence-corrected chi connectivity index (χ3v) is 2.67. The van der Waals surface area contributed by atoms with E-state index < -0.39 is 5.60 Å². The molecule has 1 heteroatoms. The third-order valence-electron chi connectivity index (χ3n) is 2.67. The number of rotatable bonds is 3. The first-order chi connectivity index (χ1) is 6.54. The molecule has 1 aliphatic carbocycles. The van der Waals surface area contributed by atoms with Gasteiger partial charge in [0.2, 0.25) is 0 Å². The van der Waals surface area contributed by atoms with E-state index >= 15 is 0 Å². The lowest BCUT2D eigenvalue weighted by Gasteiger charge is -2.16. The zero-order chi connectivity index (χ0) is 10.2. The summed E-state index contributed by atoms with van der Waals surface area (Å²) in [6.07, 6.45) is 3.44. The van der Waals surface area contributed by atoms with Gasteiger partial charge >= 0.3 is 0 Å². The van der Waals surface area contributed by atoms with E-state index in [4.69, 9.17) is 0 Å². The van der Waals surface area contributed by atoms with Crippen LogP contribution in [0.4, 0.5) is 0 Å². The van der Waals surface area contributed by atoms with Gasteiger partial charge in [-0.15, -0.1) is 0 Å². The average Bonchev–Trinajstić information content (AvgIpc) is 2.85. The van der Waals surface area contributed by atoms with Crippen LogP contribution in [0.25, 0.3) is 0 Å². The Hall–Kier alpha value is -0.820. The lowest BCUT2D eigenvalue weighted by molar-refractivity contribution is 0.0810. The molecule has 14 heavy (non-hydrogen) atoms. The van der Waals surface area contributed by atoms with Crippen LogP contribution in [0.15, 0.2) is 24.3 Å². The maximum atomic E-state index is 9.66. The Morgan fingerprint density at radius 3 is 2.21 bits per heavy atom. The van der Waals surface area contributed by atoms with Gasteiger partial charge < -0.3 is 5.11 Å². The zero-order valence-corrected chi connectivity index (χ0v) is 8.96. The van der Waals surface area contributed by atoms with Crippen LogP contribution in [-0.4, -0.2) is 10.7 Å². The molecular formula is C13H18O. The molecule has 1 N–H and O–H groups in total. The first-order valence-electron chi connectivity index (χ1n) is 5.36. The minimum Gasteiger partial charge on any atom is -0.390 e. The smallest absolute Gasteiger partial charge is 0.0631 e. The molecule has 0 atom stereocenters. The van der Waals surface area contributed by atoms with E-state index in [1.807, 2.05) is 13.8 Å². The zero-order valence-electron chi connectivity index (χ0n) is 8.96. The third kappa shape index (κ3) is 2.58. The average molecular weight is 190 g/mol. The van der Waals surface area contributed by atoms with Gasteiger partial charge in [-0.05, 0) is 43.7 Å². The summed E-state index contributed by atoms with van der Waals surface area (Å²) in [5, 5.41) is 9.66. The van der Waals surface area contributed by atoms with Crippen LogP contribution in [0, 0.1) is 0 Å². The Kier molecular flexibility index (Phi) is 2.36. The van der Waals surface area contributed by atoms with Gasteiger partial charge in [0, 0.05) is 6.42 Å². The molecule has 0 aromatic heterocycles. The second kappa shape index (κ2) is 3.39. The van der Waals surface area contributed by atoms with Gasteiger partial charge in [-0.1, -0.05) is 24.3 Å². The van der Waals surface area contributed by atoms with E-state index in [1.54, 1.807) is 0 Å². The fraction of sp³-hybridized carbons (Fsp3) is 0.538. The highest BCUT2D eigenvalue weighted by atomic mass is 16.3. The van der Waals surface area contributed by atoms with Gasteiger partial charge in [0.1, 0.15) is 0 Å². The van der Waals surface area contributed by atoms with Crippen molar-refractivity contribution in [3.8, 4) is 0 Å². The highest BCUT2D eigenvalue weighted by molar-refractivity contribution is 5.28. The molecule has 76 valence electrons. The van der Waals surface area contributed by atoms with Gasteiger partial charge in [-0.25, -0.2) is 0 Å². The van der Waals surface area contributed by atoms with Crippen LogP contribution in [-0.2, 0) is 6.42 Å². The molecule has 1 fully saturated rings. The molecule has 1 aromatic carbocycles. The molecule has 2 rings (SSSR count). The summed E-state index contributed by atoms with van der Waals surface area (Å²) in [5.74, 6) is 0.825. The van der Waals surface area contributed by atoms with E-state index in [-0.39, 0.29) is 0 Å². The molecule has 0 radical (unpaired) electrons. The lowest BCUT2D eigenvalue weighted by atomic mass is 9.97. The highest BCUT2D eigenvalue weighted by Crippen LogP contribution is 2.39. The second-order valence-electron chi connectivity index (χ2n) is 5.01. The van der Waals surface area contributed by atoms with E-state index in [1.165, 1.54) is 24.0 Å². The monoisotopic (exact) mass is 190 g/mol. The summed E-state index contributed by atoms with van der Waals surface area (Å²) in [6, 6.07) is 8.70. The minimum absolute atomic E-state index is 0.596. The molecule has 1 aromatic rings. The van der Waals surface area contributed by atoms with Crippen molar-refractivity contribution in [2.45, 2.75) is 44.6 Å². The number of aliphatic hydroxyl groups is 1. The van der Waals surface area contributed by atoms with E-state index in [2.05, 4.69) is 24.3 Å². The van der Waals surface area contributed by atoms with Crippen LogP contribution < -0.4 is 0 Å². The van der Waals surface area contributed by atoms with Gasteiger partial charge in [0.05, 0.1) is 5.60 Å². The molecule has 0 amide bonds. The minimum atomic E-state index is -0.596. The fourth-order valence-electron chi connectivity index (χ4n) is 1.82. The Labute approximate surface area is 85.8 Å². The quantitative estimate of drug-likeness (QED) is 0.777. The van der Waals surface area contributed by atoms with Crippen LogP contribution in [0.1, 0.15) is 43.7 Å². The van der Waals surface area contributed by atoms with Crippen LogP contribution in [0.3, 0.4) is 0 Å². The van der Waals surface area contributed by atoms with Crippen molar-refractivity contribution in [3.63, 3.8) is 0 Å². The Bertz CT molecular complexity index is 301. The van der Waals surface area contributed by atoms with Crippen LogP contribution in [0.2, 0.25) is 0 Å². The molecule has 0 unspecified atom stereocenters. The summed E-state index contributed by atoms with van der Waals surface area (Å²) in [6.45, 7) is 3.70. The molecule has 0 bridgehead atoms. The normalized spacial score (nSPS) is 17.1. The largest absolute Gasteiger partial charge is 0.390 e. The topological polar surface area (TPSA) is 20.2 Å². The molecular weight excluding hydrogens is 172 g/mol. The fourth-order valence-corrected chi connectivity index (χ4v) is 1.82. The predicted octanol–water partition coefficient (Wildman–Crippen LogP) is 2.88. The summed E-state index contributed by atoms with van der Waals surface area (Å²) >= 11 is 0. The first-order valence-corrected chi connectivity index (χ1v) is 5.36. The maximum Gasteiger partial charge on any atom is 0.0631 e. The predicted molar refractivity (Wildman–Crippen MR) is 58.4 cm³/mol. The van der Waals surface area contributed by atoms with Crippen LogP contribution in [0.5, 0.6) is 0 Å². The van der Waals surface area contributed by atoms with Gasteiger partial charge in [0.15, 0.2) is 0 Å². The summed E-state index contributed by atoms with van der Waals surface area (Å²) in [7, 11) is 0. The second-order valence-corrected chi connectivity index (χ2v) is 5.01. The van der Waals surface area contributed by atoms with Crippen molar-refractivity contribution in [1.29, 1.82) is 0 Å². The standard InChI is InChI=1S/C13H18O/c1-13(2,14)9-10-3-5-11(6-4-10)12-7-8-12/h3-6,12,14H,7-9H2,1-2H3. The molecule has 0 spiro atoms. The van der Waals surface area contributed by atoms with Gasteiger partial charge in [-0.2, -0.15) is 0 Å². The molecule has 0 heterocycles. The maximum absolute atomic E-state index is 9.66. The van der Waals surface area contributed by atoms with Crippen molar-refractivity contribution in [2.24, 2.45) is 0 Å². The van der Waals surface area contributed by atoms with Gasteiger partial charge in [-0.3, -0.25) is 0 Å². The van der Waals surface area contributed by atoms with Crippen molar-refractivity contribution in [1.82, 2.24) is 0 Å². The summed E-state index contributed by atoms with van der Waals surface area (Å²) in [5.41, 5.74) is 2.09. The SMILES string of the molecule is CC(C)(O)Cc1ccc(C2CC2)cc1. The molecule has 1 nitrogen and oxygen atoms in total. The Morgan fingerprint density at radius 1 is 1.21 bits per heavy atom. The van der Waals surface area contributed by atoms with Gasteiger partial charge in [0.25, 0.3) is 0 Å². The summed E-state index contributed by atoms with van der Waals surface area (Å²) in [4.78, 5) is 0. The first kappa shape index (κ1) is 9.72. The van der Waals surface area contributed by atoms with Crippen LogP contribution >= 0.6 is 0 Å². The molecule has 0 saturated heterocycles. The van der Waals surface area contributed by atoms with E-state index in [0.29, 0.717) is 0 Å². The lowest BCUT2D eigenvalue weighted by Crippen LogP contribution is -2.21. The van der Waals surface area contributed by atoms with Crippen molar-refractivity contribution >= 4 is 0 Å². The van der Waals surface area contributed by atoms with E-state index in [9.17, 15) is 5.11 Å². The highest BCUT2D eigenvalue weighted by Gasteiger charge is 2.23. The number of benzene rings is 1. The molecule has 0 aliphatic heterocycles. The Balaban J connectivity index is 2.06. The van der Waals surface area contributed by atoms with Crippen molar-refractivity contribution in [3.05, 3.63) is 35.4 Å². The summed E-state index contributed by atoms with van der Waals surface area (Å²) < 4.78 is 0. The van der Waals surface area contributed by atoms with Crippen molar-refractivity contribution in [2.75, 3.05) is 0 Å². The number of hydrogen-bond acceptors (Lipinski definition) is 1. The van der Waals surface area contributed by atoms with E-state index in [0.717, 1.165) is 12.3 Å². The molecule has 1 saturated carbocycles. The van der Waals surface area contributed by atoms with Crippen molar-refractivity contribution < 1.29 is 5.11 Å². The molecule has 1 aliphatic rings.